The predicted molar refractivity (Wildman–Crippen MR) is 166 cm³/mol. The minimum absolute atomic E-state index is 0. The van der Waals surface area contributed by atoms with Crippen molar-refractivity contribution in [3.8, 4) is 11.1 Å². The fraction of sp³-hybridized carbons (Fsp3) is 0.433. The quantitative estimate of drug-likeness (QED) is 0.272. The standard InChI is InChI=1S/C30H37N7O.2ClH/c1-35-11-4-8-28(35)27-16-24-18-32-29(17-26(24)34-27)36-13-9-21(10-14-36)5-3-12-37-20-25(19-33-37)22-6-2-7-23(15-22)30(31)38;;/h2,6-7,15-21,28,34H,3-5,8-14H2,1H3,(H2,31,38);2*1H/t28-;;/m1../s1. The third kappa shape index (κ3) is 6.45. The molecule has 1 amide bonds. The zero-order valence-electron chi connectivity index (χ0n) is 23.0. The summed E-state index contributed by atoms with van der Waals surface area (Å²) in [5, 5.41) is 5.75. The van der Waals surface area contributed by atoms with Crippen molar-refractivity contribution < 1.29 is 4.79 Å². The van der Waals surface area contributed by atoms with Crippen LogP contribution in [0, 0.1) is 5.92 Å². The zero-order chi connectivity index (χ0) is 26.1. The number of hydrogen-bond acceptors (Lipinski definition) is 5. The number of amides is 1. The highest BCUT2D eigenvalue weighted by atomic mass is 35.5. The molecule has 4 aromatic rings. The first-order valence-corrected chi connectivity index (χ1v) is 13.9. The van der Waals surface area contributed by atoms with Crippen molar-refractivity contribution in [3.63, 3.8) is 0 Å². The number of nitrogens with zero attached hydrogens (tertiary/aromatic N) is 5. The van der Waals surface area contributed by atoms with Crippen LogP contribution in [0.15, 0.2) is 55.0 Å². The molecule has 8 nitrogen and oxygen atoms in total. The summed E-state index contributed by atoms with van der Waals surface area (Å²) in [6.45, 7) is 4.20. The van der Waals surface area contributed by atoms with Gasteiger partial charge in [-0.1, -0.05) is 12.1 Å². The van der Waals surface area contributed by atoms with E-state index in [2.05, 4.69) is 45.3 Å². The summed E-state index contributed by atoms with van der Waals surface area (Å²) < 4.78 is 2.01. The number of nitrogens with one attached hydrogen (secondary N) is 1. The number of H-pyrrole nitrogens is 1. The van der Waals surface area contributed by atoms with E-state index in [1.54, 1.807) is 6.07 Å². The highest BCUT2D eigenvalue weighted by Crippen LogP contribution is 2.33. The molecule has 40 heavy (non-hydrogen) atoms. The first-order chi connectivity index (χ1) is 18.5. The lowest BCUT2D eigenvalue weighted by atomic mass is 9.92. The number of rotatable bonds is 8. The lowest BCUT2D eigenvalue weighted by molar-refractivity contribution is 0.100. The maximum atomic E-state index is 11.5. The van der Waals surface area contributed by atoms with Gasteiger partial charge in [0.1, 0.15) is 5.82 Å². The Morgan fingerprint density at radius 3 is 2.62 bits per heavy atom. The van der Waals surface area contributed by atoms with E-state index in [9.17, 15) is 4.79 Å². The number of nitrogens with two attached hydrogens (primary N) is 1. The summed E-state index contributed by atoms with van der Waals surface area (Å²) >= 11 is 0. The summed E-state index contributed by atoms with van der Waals surface area (Å²) in [7, 11) is 2.22. The Hall–Kier alpha value is -3.07. The van der Waals surface area contributed by atoms with E-state index in [1.165, 1.54) is 55.2 Å². The predicted octanol–water partition coefficient (Wildman–Crippen LogP) is 5.83. The molecule has 10 heteroatoms. The van der Waals surface area contributed by atoms with Crippen molar-refractivity contribution in [1.82, 2.24) is 24.6 Å². The van der Waals surface area contributed by atoms with Crippen molar-refractivity contribution in [3.05, 3.63) is 66.2 Å². The number of aromatic nitrogens is 4. The second kappa shape index (κ2) is 13.1. The summed E-state index contributed by atoms with van der Waals surface area (Å²) in [5.41, 5.74) is 10.4. The molecule has 0 saturated carbocycles. The van der Waals surface area contributed by atoms with Gasteiger partial charge >= 0.3 is 0 Å². The molecular weight excluding hydrogens is 545 g/mol. The minimum atomic E-state index is -0.410. The van der Waals surface area contributed by atoms with Gasteiger partial charge in [-0.2, -0.15) is 5.10 Å². The van der Waals surface area contributed by atoms with Gasteiger partial charge in [0, 0.05) is 66.3 Å². The Labute approximate surface area is 248 Å². The van der Waals surface area contributed by atoms with Crippen molar-refractivity contribution in [2.45, 2.75) is 51.1 Å². The molecule has 2 aliphatic heterocycles. The van der Waals surface area contributed by atoms with Crippen LogP contribution in [0.25, 0.3) is 22.0 Å². The molecule has 0 spiro atoms. The maximum absolute atomic E-state index is 11.5. The lowest BCUT2D eigenvalue weighted by Crippen LogP contribution is -2.34. The van der Waals surface area contributed by atoms with Crippen molar-refractivity contribution in [2.75, 3.05) is 31.6 Å². The van der Waals surface area contributed by atoms with Crippen LogP contribution in [-0.2, 0) is 6.54 Å². The number of fused-ring (bicyclic) bond motifs is 1. The van der Waals surface area contributed by atoms with Crippen LogP contribution in [0.2, 0.25) is 0 Å². The summed E-state index contributed by atoms with van der Waals surface area (Å²) in [6.07, 6.45) is 13.2. The second-order valence-electron chi connectivity index (χ2n) is 11.0. The zero-order valence-corrected chi connectivity index (χ0v) is 24.6. The van der Waals surface area contributed by atoms with Crippen molar-refractivity contribution in [2.24, 2.45) is 11.7 Å². The van der Waals surface area contributed by atoms with Gasteiger partial charge in [-0.25, -0.2) is 4.98 Å². The van der Waals surface area contributed by atoms with Crippen LogP contribution in [0.4, 0.5) is 5.82 Å². The fourth-order valence-electron chi connectivity index (χ4n) is 6.17. The molecule has 5 heterocycles. The molecule has 0 unspecified atom stereocenters. The van der Waals surface area contributed by atoms with E-state index < -0.39 is 5.91 Å². The monoisotopic (exact) mass is 583 g/mol. The average molecular weight is 585 g/mol. The fourth-order valence-corrected chi connectivity index (χ4v) is 6.17. The third-order valence-electron chi connectivity index (χ3n) is 8.44. The Balaban J connectivity index is 0.00000185. The minimum Gasteiger partial charge on any atom is -0.366 e. The van der Waals surface area contributed by atoms with Crippen LogP contribution >= 0.6 is 24.8 Å². The number of pyridine rings is 1. The molecule has 2 fully saturated rings. The number of halogens is 2. The van der Waals surface area contributed by atoms with Gasteiger partial charge < -0.3 is 15.6 Å². The number of likely N-dealkylation sites (tertiary alicyclic amines) is 1. The van der Waals surface area contributed by atoms with Gasteiger partial charge in [-0.3, -0.25) is 14.4 Å². The molecule has 0 bridgehead atoms. The first kappa shape index (κ1) is 29.9. The van der Waals surface area contributed by atoms with E-state index in [0.29, 0.717) is 11.6 Å². The summed E-state index contributed by atoms with van der Waals surface area (Å²) in [4.78, 5) is 24.9. The van der Waals surface area contributed by atoms with Gasteiger partial charge in [0.05, 0.1) is 11.7 Å². The summed E-state index contributed by atoms with van der Waals surface area (Å²) in [5.74, 6) is 1.42. The molecule has 6 rings (SSSR count). The SMILES string of the molecule is CN1CCC[C@@H]1c1cc2cnc(N3CCC(CCCn4cc(-c5cccc(C(N)=O)c5)cn4)CC3)cc2[nH]1.Cl.Cl. The van der Waals surface area contributed by atoms with Gasteiger partial charge in [0.25, 0.3) is 0 Å². The largest absolute Gasteiger partial charge is 0.366 e. The van der Waals surface area contributed by atoms with Crippen LogP contribution in [-0.4, -0.2) is 57.2 Å². The number of piperidine rings is 1. The lowest BCUT2D eigenvalue weighted by Gasteiger charge is -2.32. The van der Waals surface area contributed by atoms with Crippen LogP contribution < -0.4 is 10.6 Å². The Bertz CT molecular complexity index is 1430. The molecule has 1 aromatic carbocycles. The van der Waals surface area contributed by atoms with Gasteiger partial charge in [-0.15, -0.1) is 24.8 Å². The van der Waals surface area contributed by atoms with Gasteiger partial charge in [0.15, 0.2) is 0 Å². The van der Waals surface area contributed by atoms with Crippen molar-refractivity contribution >= 4 is 47.4 Å². The normalized spacial score (nSPS) is 18.0. The molecule has 214 valence electrons. The number of aryl methyl sites for hydroxylation is 1. The van der Waals surface area contributed by atoms with Gasteiger partial charge in [-0.05, 0) is 81.8 Å². The highest BCUT2D eigenvalue weighted by Gasteiger charge is 2.25. The molecule has 3 N–H and O–H groups in total. The van der Waals surface area contributed by atoms with Crippen LogP contribution in [0.3, 0.4) is 0 Å². The van der Waals surface area contributed by atoms with Gasteiger partial charge in [0.2, 0.25) is 5.91 Å². The molecular formula is C30H39Cl2N7O. The topological polar surface area (TPSA) is 96.1 Å². The number of carbonyl (C=O) groups excluding carboxylic acids is 1. The molecule has 3 aromatic heterocycles. The van der Waals surface area contributed by atoms with E-state index in [4.69, 9.17) is 10.7 Å². The number of carbonyl (C=O) groups is 1. The number of aromatic amines is 1. The third-order valence-corrected chi connectivity index (χ3v) is 8.44. The Kier molecular flexibility index (Phi) is 9.77. The first-order valence-electron chi connectivity index (χ1n) is 13.9. The molecule has 0 aliphatic carbocycles. The van der Waals surface area contributed by atoms with E-state index in [1.807, 2.05) is 35.3 Å². The Morgan fingerprint density at radius 1 is 1.05 bits per heavy atom. The molecule has 0 radical (unpaired) electrons. The molecule has 1 atom stereocenters. The van der Waals surface area contributed by atoms with Crippen LogP contribution in [0.5, 0.6) is 0 Å². The van der Waals surface area contributed by atoms with E-state index in [0.717, 1.165) is 48.9 Å². The van der Waals surface area contributed by atoms with E-state index >= 15 is 0 Å². The number of hydrogen-bond donors (Lipinski definition) is 2. The molecule has 2 saturated heterocycles. The molecule has 2 aliphatic rings. The maximum Gasteiger partial charge on any atom is 0.248 e. The Morgan fingerprint density at radius 2 is 1.88 bits per heavy atom. The average Bonchev–Trinajstić information content (AvgIpc) is 3.68. The number of primary amides is 1. The van der Waals surface area contributed by atoms with Crippen molar-refractivity contribution in [1.29, 1.82) is 0 Å². The van der Waals surface area contributed by atoms with Crippen LogP contribution in [0.1, 0.15) is 60.6 Å². The second-order valence-corrected chi connectivity index (χ2v) is 11.0. The smallest absolute Gasteiger partial charge is 0.248 e. The number of benzene rings is 1. The summed E-state index contributed by atoms with van der Waals surface area (Å²) in [6, 6.07) is 12.4. The van der Waals surface area contributed by atoms with E-state index in [-0.39, 0.29) is 24.8 Å². The number of anilines is 1. The highest BCUT2D eigenvalue weighted by molar-refractivity contribution is 5.94.